The quantitative estimate of drug-likeness (QED) is 0.839. The number of aryl methyl sites for hydroxylation is 1. The molecule has 0 atom stereocenters. The zero-order chi connectivity index (χ0) is 13.8. The molecule has 0 spiro atoms. The van der Waals surface area contributed by atoms with Crippen molar-refractivity contribution >= 4 is 23.0 Å². The minimum atomic E-state index is -0.0314. The smallest absolute Gasteiger partial charge is 0.252 e. The number of carbonyl (C=O) groups excluding carboxylic acids is 2. The molecule has 0 saturated carbocycles. The normalized spacial score (nSPS) is 15.0. The van der Waals surface area contributed by atoms with E-state index in [0.29, 0.717) is 12.0 Å². The second-order valence-electron chi connectivity index (χ2n) is 5.14. The minimum Gasteiger partial charge on any atom is -0.352 e. The van der Waals surface area contributed by atoms with Gasteiger partial charge in [0.05, 0.1) is 10.4 Å². The molecule has 1 N–H and O–H groups in total. The Labute approximate surface area is 117 Å². The van der Waals surface area contributed by atoms with Crippen molar-refractivity contribution in [3.8, 4) is 0 Å². The predicted molar refractivity (Wildman–Crippen MR) is 77.1 cm³/mol. The Morgan fingerprint density at radius 2 is 2.26 bits per heavy atom. The number of fused-ring (bicyclic) bond motifs is 1. The first-order chi connectivity index (χ1) is 9.08. The Balaban J connectivity index is 2.03. The Bertz CT molecular complexity index is 480. The third kappa shape index (κ3) is 3.64. The average Bonchev–Trinajstić information content (AvgIpc) is 2.71. The zero-order valence-corrected chi connectivity index (χ0v) is 12.3. The number of Topliss-reactive ketones (excluding diaryl/α,β-unsaturated/α-hetero) is 1. The summed E-state index contributed by atoms with van der Waals surface area (Å²) < 4.78 is 0. The summed E-state index contributed by atoms with van der Waals surface area (Å²) in [4.78, 5) is 27.8. The third-order valence-corrected chi connectivity index (χ3v) is 4.44. The fraction of sp³-hybridized carbons (Fsp3) is 0.571. The van der Waals surface area contributed by atoms with Crippen molar-refractivity contribution in [3.05, 3.63) is 21.4 Å². The van der Waals surface area contributed by atoms with Gasteiger partial charge in [0.2, 0.25) is 0 Å². The predicted octanol–water partition coefficient (Wildman–Crippen LogP) is 1.95. The number of amides is 1. The van der Waals surface area contributed by atoms with Crippen molar-refractivity contribution in [1.29, 1.82) is 0 Å². The van der Waals surface area contributed by atoms with E-state index in [1.54, 1.807) is 6.07 Å². The van der Waals surface area contributed by atoms with E-state index in [0.717, 1.165) is 42.1 Å². The molecule has 104 valence electrons. The maximum Gasteiger partial charge on any atom is 0.252 e. The summed E-state index contributed by atoms with van der Waals surface area (Å²) in [6.45, 7) is 1.64. The molecule has 0 radical (unpaired) electrons. The van der Waals surface area contributed by atoms with Crippen LogP contribution in [0.15, 0.2) is 6.07 Å². The molecule has 0 unspecified atom stereocenters. The van der Waals surface area contributed by atoms with Gasteiger partial charge in [-0.3, -0.25) is 9.59 Å². The van der Waals surface area contributed by atoms with Crippen molar-refractivity contribution in [1.82, 2.24) is 10.2 Å². The fourth-order valence-electron chi connectivity index (χ4n) is 2.17. The maximum absolute atomic E-state index is 12.1. The highest BCUT2D eigenvalue weighted by atomic mass is 32.1. The molecule has 0 aromatic carbocycles. The Kier molecular flexibility index (Phi) is 4.71. The summed E-state index contributed by atoms with van der Waals surface area (Å²) in [5.74, 6) is 0.129. The molecule has 1 aliphatic rings. The van der Waals surface area contributed by atoms with Crippen molar-refractivity contribution in [2.45, 2.75) is 25.7 Å². The molecule has 1 aromatic rings. The third-order valence-electron chi connectivity index (χ3n) is 3.20. The van der Waals surface area contributed by atoms with Crippen LogP contribution in [0.25, 0.3) is 0 Å². The first kappa shape index (κ1) is 14.2. The Hall–Kier alpha value is -1.20. The maximum atomic E-state index is 12.1. The fourth-order valence-corrected chi connectivity index (χ4v) is 3.34. The molecule has 0 aliphatic carbocycles. The summed E-state index contributed by atoms with van der Waals surface area (Å²) >= 11 is 1.50. The highest BCUT2D eigenvalue weighted by Gasteiger charge is 2.20. The Morgan fingerprint density at radius 1 is 1.47 bits per heavy atom. The van der Waals surface area contributed by atoms with Crippen LogP contribution in [-0.4, -0.2) is 43.8 Å². The van der Waals surface area contributed by atoms with E-state index in [2.05, 4.69) is 10.2 Å². The van der Waals surface area contributed by atoms with E-state index < -0.39 is 0 Å². The van der Waals surface area contributed by atoms with Crippen LogP contribution in [-0.2, 0) is 6.42 Å². The minimum absolute atomic E-state index is 0.0314. The highest BCUT2D eigenvalue weighted by molar-refractivity contribution is 7.14. The standard InChI is InChI=1S/C14H20N2O2S/c1-16(2)8-4-5-11(17)13-9-10-12(19-13)6-3-7-15-14(10)18/h9H,3-8H2,1-2H3,(H,15,18). The van der Waals surface area contributed by atoms with Crippen LogP contribution in [0.1, 0.15) is 44.2 Å². The number of ketones is 1. The van der Waals surface area contributed by atoms with Crippen molar-refractivity contribution in [3.63, 3.8) is 0 Å². The SMILES string of the molecule is CN(C)CCCC(=O)c1cc2c(s1)CCCNC2=O. The largest absolute Gasteiger partial charge is 0.352 e. The van der Waals surface area contributed by atoms with Gasteiger partial charge in [-0.05, 0) is 46.0 Å². The van der Waals surface area contributed by atoms with Gasteiger partial charge in [-0.15, -0.1) is 11.3 Å². The lowest BCUT2D eigenvalue weighted by atomic mass is 10.1. The van der Waals surface area contributed by atoms with Crippen LogP contribution in [0.2, 0.25) is 0 Å². The lowest BCUT2D eigenvalue weighted by Gasteiger charge is -2.07. The van der Waals surface area contributed by atoms with Crippen LogP contribution in [0.3, 0.4) is 0 Å². The average molecular weight is 280 g/mol. The molecule has 19 heavy (non-hydrogen) atoms. The van der Waals surface area contributed by atoms with Crippen molar-refractivity contribution < 1.29 is 9.59 Å². The van der Waals surface area contributed by atoms with E-state index in [1.807, 2.05) is 14.1 Å². The molecule has 1 aromatic heterocycles. The number of hydrogen-bond donors (Lipinski definition) is 1. The highest BCUT2D eigenvalue weighted by Crippen LogP contribution is 2.26. The second-order valence-corrected chi connectivity index (χ2v) is 6.27. The van der Waals surface area contributed by atoms with E-state index in [1.165, 1.54) is 11.3 Å². The van der Waals surface area contributed by atoms with Gasteiger partial charge in [0.25, 0.3) is 5.91 Å². The van der Waals surface area contributed by atoms with Gasteiger partial charge in [-0.1, -0.05) is 0 Å². The Morgan fingerprint density at radius 3 is 3.00 bits per heavy atom. The van der Waals surface area contributed by atoms with Gasteiger partial charge in [-0.25, -0.2) is 0 Å². The zero-order valence-electron chi connectivity index (χ0n) is 11.5. The molecular weight excluding hydrogens is 260 g/mol. The molecule has 0 saturated heterocycles. The van der Waals surface area contributed by atoms with Crippen LogP contribution < -0.4 is 5.32 Å². The molecule has 4 nitrogen and oxygen atoms in total. The van der Waals surface area contributed by atoms with E-state index >= 15 is 0 Å². The number of nitrogens with zero attached hydrogens (tertiary/aromatic N) is 1. The number of rotatable bonds is 5. The van der Waals surface area contributed by atoms with Crippen LogP contribution in [0.4, 0.5) is 0 Å². The van der Waals surface area contributed by atoms with Crippen LogP contribution in [0.5, 0.6) is 0 Å². The second kappa shape index (κ2) is 6.30. The molecule has 0 bridgehead atoms. The summed E-state index contributed by atoms with van der Waals surface area (Å²) in [5.41, 5.74) is 0.707. The topological polar surface area (TPSA) is 49.4 Å². The first-order valence-corrected chi connectivity index (χ1v) is 7.48. The first-order valence-electron chi connectivity index (χ1n) is 6.67. The molecule has 5 heteroatoms. The number of thiophene rings is 1. The van der Waals surface area contributed by atoms with Gasteiger partial charge in [-0.2, -0.15) is 0 Å². The number of hydrogen-bond acceptors (Lipinski definition) is 4. The molecule has 2 heterocycles. The van der Waals surface area contributed by atoms with Gasteiger partial charge in [0.1, 0.15) is 0 Å². The number of carbonyl (C=O) groups is 2. The van der Waals surface area contributed by atoms with E-state index in [-0.39, 0.29) is 11.7 Å². The van der Waals surface area contributed by atoms with Gasteiger partial charge < -0.3 is 10.2 Å². The lowest BCUT2D eigenvalue weighted by molar-refractivity contribution is 0.0956. The lowest BCUT2D eigenvalue weighted by Crippen LogP contribution is -2.22. The molecule has 2 rings (SSSR count). The van der Waals surface area contributed by atoms with E-state index in [9.17, 15) is 9.59 Å². The van der Waals surface area contributed by atoms with Gasteiger partial charge in [0.15, 0.2) is 5.78 Å². The van der Waals surface area contributed by atoms with Crippen molar-refractivity contribution in [2.75, 3.05) is 27.2 Å². The van der Waals surface area contributed by atoms with E-state index in [4.69, 9.17) is 0 Å². The summed E-state index contributed by atoms with van der Waals surface area (Å²) in [6.07, 6.45) is 3.26. The number of nitrogens with one attached hydrogen (secondary N) is 1. The van der Waals surface area contributed by atoms with Crippen molar-refractivity contribution in [2.24, 2.45) is 0 Å². The van der Waals surface area contributed by atoms with Gasteiger partial charge in [0, 0.05) is 17.8 Å². The molecule has 1 amide bonds. The van der Waals surface area contributed by atoms with Gasteiger partial charge >= 0.3 is 0 Å². The molecule has 0 fully saturated rings. The molecular formula is C14H20N2O2S. The van der Waals surface area contributed by atoms with Crippen LogP contribution >= 0.6 is 11.3 Å². The monoisotopic (exact) mass is 280 g/mol. The summed E-state index contributed by atoms with van der Waals surface area (Å²) in [6, 6.07) is 1.78. The van der Waals surface area contributed by atoms with Crippen LogP contribution in [0, 0.1) is 0 Å². The molecule has 1 aliphatic heterocycles. The summed E-state index contributed by atoms with van der Waals surface area (Å²) in [5, 5.41) is 2.86. The summed E-state index contributed by atoms with van der Waals surface area (Å²) in [7, 11) is 4.00.